The van der Waals surface area contributed by atoms with E-state index in [1.807, 2.05) is 18.2 Å². The molecule has 3 aliphatic rings. The monoisotopic (exact) mass is 398 g/mol. The Hall–Kier alpha value is -2.57. The molecular weight excluding hydrogens is 368 g/mol. The maximum absolute atomic E-state index is 13.0. The molecule has 5 amide bonds. The Morgan fingerprint density at radius 3 is 2.66 bits per heavy atom. The molecule has 3 fully saturated rings. The third kappa shape index (κ3) is 3.95. The van der Waals surface area contributed by atoms with Crippen LogP contribution in [0.15, 0.2) is 30.3 Å². The van der Waals surface area contributed by atoms with Gasteiger partial charge in [-0.15, -0.1) is 0 Å². The van der Waals surface area contributed by atoms with Crippen LogP contribution in [-0.4, -0.2) is 70.9 Å². The van der Waals surface area contributed by atoms with Crippen LogP contribution in [0.1, 0.15) is 50.5 Å². The zero-order valence-electron chi connectivity index (χ0n) is 17.0. The first-order valence-corrected chi connectivity index (χ1v) is 10.8. The molecule has 7 heteroatoms. The number of imide groups is 1. The molecule has 2 saturated heterocycles. The van der Waals surface area contributed by atoms with Gasteiger partial charge in [0.25, 0.3) is 5.91 Å². The third-order valence-corrected chi connectivity index (χ3v) is 6.26. The number of urea groups is 2. The molecule has 4 rings (SSSR count). The van der Waals surface area contributed by atoms with E-state index in [1.165, 1.54) is 16.9 Å². The molecule has 156 valence electrons. The van der Waals surface area contributed by atoms with Gasteiger partial charge in [0.1, 0.15) is 6.04 Å². The SMILES string of the molecule is CCCCCCNC(=O)N1CCN2C(=O)N([C@@H]3C[C@H]3c3ccccc3)C(=O)C2C1. The number of amides is 5. The number of unbranched alkanes of at least 4 members (excludes halogenated alkanes) is 3. The quantitative estimate of drug-likeness (QED) is 0.567. The minimum Gasteiger partial charge on any atom is -0.338 e. The molecule has 1 saturated carbocycles. The van der Waals surface area contributed by atoms with Crippen LogP contribution in [0.25, 0.3) is 0 Å². The summed E-state index contributed by atoms with van der Waals surface area (Å²) >= 11 is 0. The van der Waals surface area contributed by atoms with Crippen LogP contribution >= 0.6 is 0 Å². The Morgan fingerprint density at radius 1 is 1.10 bits per heavy atom. The lowest BCUT2D eigenvalue weighted by Crippen LogP contribution is -2.56. The summed E-state index contributed by atoms with van der Waals surface area (Å²) in [6.07, 6.45) is 5.24. The summed E-state index contributed by atoms with van der Waals surface area (Å²) in [6.45, 7) is 3.98. The molecule has 2 aliphatic heterocycles. The molecule has 1 aromatic rings. The first-order valence-electron chi connectivity index (χ1n) is 10.8. The maximum Gasteiger partial charge on any atom is 0.327 e. The topological polar surface area (TPSA) is 73.0 Å². The predicted octanol–water partition coefficient (Wildman–Crippen LogP) is 2.78. The second kappa shape index (κ2) is 8.43. The summed E-state index contributed by atoms with van der Waals surface area (Å²) in [5.74, 6) is 0.0758. The molecule has 0 bridgehead atoms. The van der Waals surface area contributed by atoms with E-state index in [0.717, 1.165) is 25.7 Å². The molecule has 1 unspecified atom stereocenters. The minimum atomic E-state index is -0.542. The van der Waals surface area contributed by atoms with Crippen LogP contribution in [0.2, 0.25) is 0 Å². The number of nitrogens with zero attached hydrogens (tertiary/aromatic N) is 3. The van der Waals surface area contributed by atoms with Crippen molar-refractivity contribution in [3.8, 4) is 0 Å². The summed E-state index contributed by atoms with van der Waals surface area (Å²) in [5, 5.41) is 2.95. The molecule has 29 heavy (non-hydrogen) atoms. The number of piperazine rings is 1. The van der Waals surface area contributed by atoms with Crippen LogP contribution in [0.3, 0.4) is 0 Å². The Morgan fingerprint density at radius 2 is 1.90 bits per heavy atom. The van der Waals surface area contributed by atoms with Crippen molar-refractivity contribution >= 4 is 18.0 Å². The molecule has 0 aromatic heterocycles. The molecule has 0 radical (unpaired) electrons. The van der Waals surface area contributed by atoms with Gasteiger partial charge in [-0.3, -0.25) is 9.69 Å². The molecule has 0 spiro atoms. The Bertz CT molecular complexity index is 769. The third-order valence-electron chi connectivity index (χ3n) is 6.26. The van der Waals surface area contributed by atoms with Crippen molar-refractivity contribution in [3.63, 3.8) is 0 Å². The normalized spacial score (nSPS) is 26.0. The smallest absolute Gasteiger partial charge is 0.327 e. The zero-order chi connectivity index (χ0) is 20.4. The summed E-state index contributed by atoms with van der Waals surface area (Å²) in [4.78, 5) is 43.1. The highest BCUT2D eigenvalue weighted by Gasteiger charge is 2.56. The highest BCUT2D eigenvalue weighted by atomic mass is 16.2. The summed E-state index contributed by atoms with van der Waals surface area (Å²) in [6, 6.07) is 9.13. The molecule has 1 aromatic carbocycles. The van der Waals surface area contributed by atoms with E-state index < -0.39 is 6.04 Å². The highest BCUT2D eigenvalue weighted by molar-refractivity contribution is 6.05. The number of rotatable bonds is 7. The van der Waals surface area contributed by atoms with Crippen molar-refractivity contribution in [3.05, 3.63) is 35.9 Å². The van der Waals surface area contributed by atoms with Crippen molar-refractivity contribution in [1.29, 1.82) is 0 Å². The summed E-state index contributed by atoms with van der Waals surface area (Å²) in [5.41, 5.74) is 1.17. The van der Waals surface area contributed by atoms with E-state index in [2.05, 4.69) is 24.4 Å². The Kier molecular flexibility index (Phi) is 5.74. The number of carbonyl (C=O) groups excluding carboxylic acids is 3. The van der Waals surface area contributed by atoms with Gasteiger partial charge in [-0.05, 0) is 18.4 Å². The van der Waals surface area contributed by atoms with Crippen molar-refractivity contribution in [2.75, 3.05) is 26.2 Å². The molecular formula is C22H30N4O3. The van der Waals surface area contributed by atoms with E-state index >= 15 is 0 Å². The van der Waals surface area contributed by atoms with Crippen LogP contribution < -0.4 is 5.32 Å². The Labute approximate surface area is 172 Å². The minimum absolute atomic E-state index is 0.0520. The van der Waals surface area contributed by atoms with Gasteiger partial charge in [-0.25, -0.2) is 9.59 Å². The Balaban J connectivity index is 1.33. The lowest BCUT2D eigenvalue weighted by Gasteiger charge is -2.35. The van der Waals surface area contributed by atoms with Gasteiger partial charge < -0.3 is 15.1 Å². The van der Waals surface area contributed by atoms with Crippen molar-refractivity contribution in [1.82, 2.24) is 20.0 Å². The lowest BCUT2D eigenvalue weighted by molar-refractivity contribution is -0.129. The van der Waals surface area contributed by atoms with Gasteiger partial charge in [0.2, 0.25) is 0 Å². The van der Waals surface area contributed by atoms with Crippen LogP contribution in [-0.2, 0) is 4.79 Å². The molecule has 1 N–H and O–H groups in total. The van der Waals surface area contributed by atoms with E-state index in [1.54, 1.807) is 9.80 Å². The van der Waals surface area contributed by atoms with E-state index in [9.17, 15) is 14.4 Å². The predicted molar refractivity (Wildman–Crippen MR) is 109 cm³/mol. The zero-order valence-corrected chi connectivity index (χ0v) is 17.0. The van der Waals surface area contributed by atoms with Gasteiger partial charge in [-0.1, -0.05) is 56.5 Å². The summed E-state index contributed by atoms with van der Waals surface area (Å²) in [7, 11) is 0. The van der Waals surface area contributed by atoms with E-state index in [4.69, 9.17) is 0 Å². The van der Waals surface area contributed by atoms with E-state index in [0.29, 0.717) is 19.6 Å². The van der Waals surface area contributed by atoms with Gasteiger partial charge in [0.05, 0.1) is 6.54 Å². The average molecular weight is 399 g/mol. The largest absolute Gasteiger partial charge is 0.338 e. The van der Waals surface area contributed by atoms with Crippen molar-refractivity contribution in [2.24, 2.45) is 0 Å². The highest BCUT2D eigenvalue weighted by Crippen LogP contribution is 2.46. The average Bonchev–Trinajstić information content (AvgIpc) is 3.49. The fourth-order valence-electron chi connectivity index (χ4n) is 4.49. The fourth-order valence-corrected chi connectivity index (χ4v) is 4.49. The molecule has 3 atom stereocenters. The maximum atomic E-state index is 13.0. The second-order valence-corrected chi connectivity index (χ2v) is 8.26. The van der Waals surface area contributed by atoms with Crippen LogP contribution in [0.4, 0.5) is 9.59 Å². The van der Waals surface area contributed by atoms with Gasteiger partial charge >= 0.3 is 12.1 Å². The lowest BCUT2D eigenvalue weighted by atomic mass is 10.1. The van der Waals surface area contributed by atoms with Gasteiger partial charge in [-0.2, -0.15) is 0 Å². The number of fused-ring (bicyclic) bond motifs is 1. The fraction of sp³-hybridized carbons (Fsp3) is 0.591. The first-order chi connectivity index (χ1) is 14.1. The summed E-state index contributed by atoms with van der Waals surface area (Å²) < 4.78 is 0. The standard InChI is InChI=1S/C22H30N4O3/c1-2-3-4-8-11-23-21(28)24-12-13-25-19(15-24)20(27)26(22(25)29)18-14-17(18)16-9-6-5-7-10-16/h5-7,9-10,17-19H,2-4,8,11-15H2,1H3,(H,23,28)/t17-,18+,19?/m0/s1. The first kappa shape index (κ1) is 19.7. The van der Waals surface area contributed by atoms with Gasteiger partial charge in [0, 0.05) is 31.6 Å². The van der Waals surface area contributed by atoms with E-state index in [-0.39, 0.29) is 36.5 Å². The number of nitrogens with one attached hydrogen (secondary N) is 1. The van der Waals surface area contributed by atoms with Crippen LogP contribution in [0, 0.1) is 0 Å². The molecule has 2 heterocycles. The van der Waals surface area contributed by atoms with Crippen LogP contribution in [0.5, 0.6) is 0 Å². The molecule has 1 aliphatic carbocycles. The second-order valence-electron chi connectivity index (χ2n) is 8.26. The number of benzene rings is 1. The molecule has 7 nitrogen and oxygen atoms in total. The van der Waals surface area contributed by atoms with Crippen molar-refractivity contribution in [2.45, 2.75) is 57.0 Å². The number of hydrogen-bond donors (Lipinski definition) is 1. The van der Waals surface area contributed by atoms with Gasteiger partial charge in [0.15, 0.2) is 0 Å². The number of hydrogen-bond acceptors (Lipinski definition) is 3. The van der Waals surface area contributed by atoms with Crippen molar-refractivity contribution < 1.29 is 14.4 Å². The number of carbonyl (C=O) groups is 3.